The van der Waals surface area contributed by atoms with Gasteiger partial charge < -0.3 is 15.1 Å². The number of nitrogens with zero attached hydrogens (tertiary/aromatic N) is 2. The predicted octanol–water partition coefficient (Wildman–Crippen LogP) is 1.79. The van der Waals surface area contributed by atoms with Crippen molar-refractivity contribution in [1.29, 1.82) is 0 Å². The molecular formula is C13H27N3S. The fourth-order valence-corrected chi connectivity index (χ4v) is 2.30. The molecule has 1 saturated heterocycles. The second-order valence-corrected chi connectivity index (χ2v) is 6.09. The summed E-state index contributed by atoms with van der Waals surface area (Å²) in [6, 6.07) is 0. The maximum atomic E-state index is 5.39. The first-order valence-corrected chi connectivity index (χ1v) is 7.07. The van der Waals surface area contributed by atoms with E-state index in [0.29, 0.717) is 5.92 Å². The highest BCUT2D eigenvalue weighted by molar-refractivity contribution is 7.80. The molecule has 17 heavy (non-hydrogen) atoms. The molecule has 0 saturated carbocycles. The lowest BCUT2D eigenvalue weighted by atomic mass is 9.97. The average Bonchev–Trinajstić information content (AvgIpc) is 2.28. The fourth-order valence-electron chi connectivity index (χ4n) is 2.14. The lowest BCUT2D eigenvalue weighted by Crippen LogP contribution is -2.43. The van der Waals surface area contributed by atoms with Gasteiger partial charge in [0.15, 0.2) is 5.11 Å². The van der Waals surface area contributed by atoms with Gasteiger partial charge in [0.05, 0.1) is 0 Å². The zero-order valence-electron chi connectivity index (χ0n) is 11.7. The van der Waals surface area contributed by atoms with Crippen molar-refractivity contribution >= 4 is 17.3 Å². The molecule has 0 bridgehead atoms. The summed E-state index contributed by atoms with van der Waals surface area (Å²) in [5.74, 6) is 1.44. The molecule has 0 unspecified atom stereocenters. The SMILES string of the molecule is CC(C)CNC(=S)N(C)CC1CCN(C)CC1. The van der Waals surface area contributed by atoms with Crippen molar-refractivity contribution in [3.05, 3.63) is 0 Å². The van der Waals surface area contributed by atoms with Crippen LogP contribution in [0.15, 0.2) is 0 Å². The molecule has 0 aliphatic carbocycles. The Morgan fingerprint density at radius 3 is 2.53 bits per heavy atom. The van der Waals surface area contributed by atoms with E-state index in [0.717, 1.165) is 24.1 Å². The summed E-state index contributed by atoms with van der Waals surface area (Å²) < 4.78 is 0. The number of nitrogens with one attached hydrogen (secondary N) is 1. The van der Waals surface area contributed by atoms with Gasteiger partial charge in [-0.3, -0.25) is 0 Å². The van der Waals surface area contributed by atoms with Crippen LogP contribution >= 0.6 is 12.2 Å². The molecule has 1 aliphatic rings. The monoisotopic (exact) mass is 257 g/mol. The van der Waals surface area contributed by atoms with Gasteiger partial charge in [-0.1, -0.05) is 13.8 Å². The van der Waals surface area contributed by atoms with Crippen LogP contribution < -0.4 is 5.32 Å². The van der Waals surface area contributed by atoms with Gasteiger partial charge in [-0.05, 0) is 57.0 Å². The molecule has 0 aromatic carbocycles. The molecule has 0 amide bonds. The van der Waals surface area contributed by atoms with Crippen LogP contribution in [0.4, 0.5) is 0 Å². The van der Waals surface area contributed by atoms with E-state index in [2.05, 4.69) is 43.1 Å². The second-order valence-electron chi connectivity index (χ2n) is 5.71. The van der Waals surface area contributed by atoms with Gasteiger partial charge in [0, 0.05) is 20.1 Å². The van der Waals surface area contributed by atoms with Crippen LogP contribution in [-0.4, -0.2) is 55.2 Å². The van der Waals surface area contributed by atoms with Crippen molar-refractivity contribution in [3.63, 3.8) is 0 Å². The average molecular weight is 257 g/mol. The third kappa shape index (κ3) is 5.68. The lowest BCUT2D eigenvalue weighted by molar-refractivity contribution is 0.199. The number of likely N-dealkylation sites (tertiary alicyclic amines) is 1. The van der Waals surface area contributed by atoms with Crippen LogP contribution in [0.5, 0.6) is 0 Å². The van der Waals surface area contributed by atoms with Crippen LogP contribution in [0, 0.1) is 11.8 Å². The highest BCUT2D eigenvalue weighted by atomic mass is 32.1. The van der Waals surface area contributed by atoms with Gasteiger partial charge in [-0.25, -0.2) is 0 Å². The Balaban J connectivity index is 2.23. The van der Waals surface area contributed by atoms with E-state index in [1.54, 1.807) is 0 Å². The summed E-state index contributed by atoms with van der Waals surface area (Å²) in [5, 5.41) is 4.23. The normalized spacial score (nSPS) is 18.4. The van der Waals surface area contributed by atoms with Crippen LogP contribution in [0.25, 0.3) is 0 Å². The zero-order valence-corrected chi connectivity index (χ0v) is 12.5. The summed E-state index contributed by atoms with van der Waals surface area (Å²) in [4.78, 5) is 4.61. The standard InChI is InChI=1S/C13H27N3S/c1-11(2)9-14-13(17)16(4)10-12-5-7-15(3)8-6-12/h11-12H,5-10H2,1-4H3,(H,14,17). The summed E-state index contributed by atoms with van der Waals surface area (Å²) in [6.07, 6.45) is 2.60. The topological polar surface area (TPSA) is 18.5 Å². The molecule has 1 rings (SSSR count). The van der Waals surface area contributed by atoms with Gasteiger partial charge in [-0.2, -0.15) is 0 Å². The third-order valence-corrected chi connectivity index (χ3v) is 3.83. The minimum Gasteiger partial charge on any atom is -0.362 e. The zero-order chi connectivity index (χ0) is 12.8. The number of rotatable bonds is 4. The highest BCUT2D eigenvalue weighted by Crippen LogP contribution is 2.16. The minimum atomic E-state index is 0.643. The summed E-state index contributed by atoms with van der Waals surface area (Å²) >= 11 is 5.39. The Morgan fingerprint density at radius 2 is 2.00 bits per heavy atom. The molecule has 0 aromatic heterocycles. The van der Waals surface area contributed by atoms with Crippen LogP contribution in [0.3, 0.4) is 0 Å². The van der Waals surface area contributed by atoms with Gasteiger partial charge in [0.2, 0.25) is 0 Å². The Kier molecular flexibility index (Phi) is 6.20. The molecule has 0 atom stereocenters. The van der Waals surface area contributed by atoms with Crippen molar-refractivity contribution in [2.24, 2.45) is 11.8 Å². The van der Waals surface area contributed by atoms with E-state index in [1.165, 1.54) is 25.9 Å². The Labute approximate surface area is 112 Å². The number of piperidine rings is 1. The second kappa shape index (κ2) is 7.17. The molecule has 0 aromatic rings. The minimum absolute atomic E-state index is 0.643. The van der Waals surface area contributed by atoms with E-state index in [1.807, 2.05) is 0 Å². The Bertz CT molecular complexity index is 235. The summed E-state index contributed by atoms with van der Waals surface area (Å²) in [6.45, 7) is 8.92. The number of hydrogen-bond acceptors (Lipinski definition) is 2. The van der Waals surface area contributed by atoms with Crippen molar-refractivity contribution in [1.82, 2.24) is 15.1 Å². The van der Waals surface area contributed by atoms with E-state index in [4.69, 9.17) is 12.2 Å². The molecule has 0 radical (unpaired) electrons. The number of thiocarbonyl (C=S) groups is 1. The molecule has 1 heterocycles. The van der Waals surface area contributed by atoms with Gasteiger partial charge in [-0.15, -0.1) is 0 Å². The van der Waals surface area contributed by atoms with E-state index in [-0.39, 0.29) is 0 Å². The van der Waals surface area contributed by atoms with Crippen molar-refractivity contribution in [3.8, 4) is 0 Å². The third-order valence-electron chi connectivity index (χ3n) is 3.38. The molecule has 0 spiro atoms. The molecular weight excluding hydrogens is 230 g/mol. The van der Waals surface area contributed by atoms with Crippen molar-refractivity contribution < 1.29 is 0 Å². The van der Waals surface area contributed by atoms with E-state index < -0.39 is 0 Å². The Morgan fingerprint density at radius 1 is 1.41 bits per heavy atom. The first-order chi connectivity index (χ1) is 7.99. The van der Waals surface area contributed by atoms with Gasteiger partial charge >= 0.3 is 0 Å². The molecule has 4 heteroatoms. The van der Waals surface area contributed by atoms with Crippen molar-refractivity contribution in [2.75, 3.05) is 40.3 Å². The maximum Gasteiger partial charge on any atom is 0.168 e. The summed E-state index contributed by atoms with van der Waals surface area (Å²) in [7, 11) is 4.31. The molecule has 3 nitrogen and oxygen atoms in total. The Hall–Kier alpha value is -0.350. The van der Waals surface area contributed by atoms with Crippen LogP contribution in [0.1, 0.15) is 26.7 Å². The van der Waals surface area contributed by atoms with Gasteiger partial charge in [0.1, 0.15) is 0 Å². The summed E-state index contributed by atoms with van der Waals surface area (Å²) in [5.41, 5.74) is 0. The van der Waals surface area contributed by atoms with Crippen LogP contribution in [-0.2, 0) is 0 Å². The molecule has 1 aliphatic heterocycles. The lowest BCUT2D eigenvalue weighted by Gasteiger charge is -2.32. The van der Waals surface area contributed by atoms with Gasteiger partial charge in [0.25, 0.3) is 0 Å². The van der Waals surface area contributed by atoms with Crippen molar-refractivity contribution in [2.45, 2.75) is 26.7 Å². The molecule has 1 N–H and O–H groups in total. The smallest absolute Gasteiger partial charge is 0.168 e. The molecule has 100 valence electrons. The fraction of sp³-hybridized carbons (Fsp3) is 0.923. The predicted molar refractivity (Wildman–Crippen MR) is 78.3 cm³/mol. The molecule has 1 fully saturated rings. The van der Waals surface area contributed by atoms with E-state index in [9.17, 15) is 0 Å². The van der Waals surface area contributed by atoms with E-state index >= 15 is 0 Å². The van der Waals surface area contributed by atoms with Crippen LogP contribution in [0.2, 0.25) is 0 Å². The highest BCUT2D eigenvalue weighted by Gasteiger charge is 2.18. The first kappa shape index (κ1) is 14.7. The largest absolute Gasteiger partial charge is 0.362 e. The maximum absolute atomic E-state index is 5.39. The quantitative estimate of drug-likeness (QED) is 0.774. The number of hydrogen-bond donors (Lipinski definition) is 1. The first-order valence-electron chi connectivity index (χ1n) is 6.66.